The van der Waals surface area contributed by atoms with E-state index in [9.17, 15) is 0 Å². The van der Waals surface area contributed by atoms with Gasteiger partial charge in [-0.25, -0.2) is 9.97 Å². The Hall–Kier alpha value is -2.66. The lowest BCUT2D eigenvalue weighted by atomic mass is 10.2. The van der Waals surface area contributed by atoms with Gasteiger partial charge in [0.2, 0.25) is 0 Å². The lowest BCUT2D eigenvalue weighted by Crippen LogP contribution is -2.26. The van der Waals surface area contributed by atoms with E-state index in [2.05, 4.69) is 56.5 Å². The van der Waals surface area contributed by atoms with Gasteiger partial charge in [0, 0.05) is 18.7 Å². The van der Waals surface area contributed by atoms with E-state index in [4.69, 9.17) is 0 Å². The van der Waals surface area contributed by atoms with Crippen LogP contribution in [0.15, 0.2) is 48.8 Å². The molecule has 0 radical (unpaired) electrons. The molecule has 0 amide bonds. The van der Waals surface area contributed by atoms with Crippen molar-refractivity contribution in [3.63, 3.8) is 0 Å². The standard InChI is InChI=1S/C20H23N5/c1-3-24(4-2)11-12-25-14-21-18-13-15(9-10-19(18)25)20-22-16-7-5-6-8-17(16)23-20/h5-10,13-14H,3-4,11-12H2,1-2H3,(H,22,23). The highest BCUT2D eigenvalue weighted by atomic mass is 15.1. The lowest BCUT2D eigenvalue weighted by molar-refractivity contribution is 0.292. The molecule has 0 saturated heterocycles. The van der Waals surface area contributed by atoms with Gasteiger partial charge in [-0.15, -0.1) is 0 Å². The highest BCUT2D eigenvalue weighted by Crippen LogP contribution is 2.24. The lowest BCUT2D eigenvalue weighted by Gasteiger charge is -2.18. The van der Waals surface area contributed by atoms with E-state index in [-0.39, 0.29) is 0 Å². The molecule has 0 spiro atoms. The third-order valence-electron chi connectivity index (χ3n) is 4.84. The number of nitrogens with zero attached hydrogens (tertiary/aromatic N) is 4. The Balaban J connectivity index is 1.63. The molecule has 0 aliphatic carbocycles. The Labute approximate surface area is 147 Å². The van der Waals surface area contributed by atoms with Gasteiger partial charge in [0.1, 0.15) is 5.82 Å². The monoisotopic (exact) mass is 333 g/mol. The number of imidazole rings is 2. The van der Waals surface area contributed by atoms with Crippen molar-refractivity contribution in [3.05, 3.63) is 48.8 Å². The van der Waals surface area contributed by atoms with Crippen LogP contribution in [0.25, 0.3) is 33.5 Å². The van der Waals surface area contributed by atoms with E-state index in [1.54, 1.807) is 0 Å². The highest BCUT2D eigenvalue weighted by Gasteiger charge is 2.09. The molecule has 128 valence electrons. The van der Waals surface area contributed by atoms with Gasteiger partial charge in [-0.2, -0.15) is 0 Å². The molecule has 2 heterocycles. The Morgan fingerprint density at radius 1 is 1.04 bits per heavy atom. The van der Waals surface area contributed by atoms with Crippen molar-refractivity contribution < 1.29 is 0 Å². The molecule has 0 aliphatic heterocycles. The van der Waals surface area contributed by atoms with Crippen LogP contribution in [0.1, 0.15) is 13.8 Å². The first kappa shape index (κ1) is 15.8. The first-order valence-corrected chi connectivity index (χ1v) is 8.91. The molecule has 0 saturated carbocycles. The van der Waals surface area contributed by atoms with Gasteiger partial charge in [-0.3, -0.25) is 0 Å². The fraction of sp³-hybridized carbons (Fsp3) is 0.300. The molecule has 0 aliphatic rings. The minimum Gasteiger partial charge on any atom is -0.338 e. The molecular weight excluding hydrogens is 310 g/mol. The molecular formula is C20H23N5. The van der Waals surface area contributed by atoms with Crippen molar-refractivity contribution in [3.8, 4) is 11.4 Å². The Kier molecular flexibility index (Phi) is 4.24. The summed E-state index contributed by atoms with van der Waals surface area (Å²) in [5, 5.41) is 0. The number of para-hydroxylation sites is 2. The second-order valence-electron chi connectivity index (χ2n) is 6.27. The van der Waals surface area contributed by atoms with E-state index >= 15 is 0 Å². The summed E-state index contributed by atoms with van der Waals surface area (Å²) in [6.07, 6.45) is 1.94. The molecule has 4 aromatic rings. The normalized spacial score (nSPS) is 11.8. The highest BCUT2D eigenvalue weighted by molar-refractivity contribution is 5.84. The molecule has 0 bridgehead atoms. The van der Waals surface area contributed by atoms with Crippen LogP contribution in [-0.2, 0) is 6.54 Å². The summed E-state index contributed by atoms with van der Waals surface area (Å²) < 4.78 is 2.23. The number of aromatic nitrogens is 4. The first-order chi connectivity index (χ1) is 12.3. The minimum atomic E-state index is 0.890. The molecule has 5 nitrogen and oxygen atoms in total. The number of hydrogen-bond acceptors (Lipinski definition) is 3. The number of H-pyrrole nitrogens is 1. The smallest absolute Gasteiger partial charge is 0.138 e. The number of benzene rings is 2. The molecule has 25 heavy (non-hydrogen) atoms. The fourth-order valence-electron chi connectivity index (χ4n) is 3.27. The van der Waals surface area contributed by atoms with E-state index in [0.29, 0.717) is 0 Å². The number of aromatic amines is 1. The van der Waals surface area contributed by atoms with Crippen LogP contribution < -0.4 is 0 Å². The molecule has 0 unspecified atom stereocenters. The van der Waals surface area contributed by atoms with Gasteiger partial charge in [-0.05, 0) is 43.4 Å². The topological polar surface area (TPSA) is 49.7 Å². The second-order valence-corrected chi connectivity index (χ2v) is 6.27. The predicted octanol–water partition coefficient (Wildman–Crippen LogP) is 3.92. The molecule has 0 atom stereocenters. The van der Waals surface area contributed by atoms with Crippen LogP contribution in [0.4, 0.5) is 0 Å². The van der Waals surface area contributed by atoms with Gasteiger partial charge in [0.15, 0.2) is 0 Å². The van der Waals surface area contributed by atoms with Crippen molar-refractivity contribution in [2.24, 2.45) is 0 Å². The number of hydrogen-bond donors (Lipinski definition) is 1. The zero-order valence-electron chi connectivity index (χ0n) is 14.7. The van der Waals surface area contributed by atoms with E-state index in [1.807, 2.05) is 30.6 Å². The second kappa shape index (κ2) is 6.69. The van der Waals surface area contributed by atoms with E-state index in [0.717, 1.165) is 54.1 Å². The van der Waals surface area contributed by atoms with Crippen LogP contribution in [0, 0.1) is 0 Å². The van der Waals surface area contributed by atoms with E-state index < -0.39 is 0 Å². The van der Waals surface area contributed by atoms with Crippen LogP contribution in [-0.4, -0.2) is 44.1 Å². The predicted molar refractivity (Wildman–Crippen MR) is 103 cm³/mol. The maximum absolute atomic E-state index is 4.68. The van der Waals surface area contributed by atoms with Crippen molar-refractivity contribution in [1.29, 1.82) is 0 Å². The third kappa shape index (κ3) is 3.03. The van der Waals surface area contributed by atoms with Gasteiger partial charge >= 0.3 is 0 Å². The van der Waals surface area contributed by atoms with Crippen LogP contribution in [0.2, 0.25) is 0 Å². The summed E-state index contributed by atoms with van der Waals surface area (Å²) in [6, 6.07) is 14.5. The summed E-state index contributed by atoms with van der Waals surface area (Å²) in [5.41, 5.74) is 5.30. The zero-order chi connectivity index (χ0) is 17.2. The number of likely N-dealkylation sites (N-methyl/N-ethyl adjacent to an activating group) is 1. The Morgan fingerprint density at radius 2 is 1.88 bits per heavy atom. The van der Waals surface area contributed by atoms with Gasteiger partial charge in [-0.1, -0.05) is 26.0 Å². The minimum absolute atomic E-state index is 0.890. The number of fused-ring (bicyclic) bond motifs is 2. The van der Waals surface area contributed by atoms with Crippen molar-refractivity contribution in [1.82, 2.24) is 24.4 Å². The summed E-state index contributed by atoms with van der Waals surface area (Å²) in [5.74, 6) is 0.890. The van der Waals surface area contributed by atoms with Crippen LogP contribution in [0.3, 0.4) is 0 Å². The molecule has 2 aromatic heterocycles. The summed E-state index contributed by atoms with van der Waals surface area (Å²) in [7, 11) is 0. The van der Waals surface area contributed by atoms with Crippen LogP contribution in [0.5, 0.6) is 0 Å². The first-order valence-electron chi connectivity index (χ1n) is 8.91. The molecule has 1 N–H and O–H groups in total. The molecule has 5 heteroatoms. The van der Waals surface area contributed by atoms with Gasteiger partial charge in [0.25, 0.3) is 0 Å². The Bertz CT molecular complexity index is 961. The zero-order valence-corrected chi connectivity index (χ0v) is 14.7. The molecule has 2 aromatic carbocycles. The van der Waals surface area contributed by atoms with Crippen molar-refractivity contribution >= 4 is 22.1 Å². The van der Waals surface area contributed by atoms with Crippen LogP contribution >= 0.6 is 0 Å². The van der Waals surface area contributed by atoms with Crippen molar-refractivity contribution in [2.75, 3.05) is 19.6 Å². The largest absolute Gasteiger partial charge is 0.338 e. The van der Waals surface area contributed by atoms with E-state index in [1.165, 1.54) is 5.52 Å². The average molecular weight is 333 g/mol. The van der Waals surface area contributed by atoms with Crippen molar-refractivity contribution in [2.45, 2.75) is 20.4 Å². The number of rotatable bonds is 6. The maximum atomic E-state index is 4.68. The quantitative estimate of drug-likeness (QED) is 0.582. The molecule has 4 rings (SSSR count). The summed E-state index contributed by atoms with van der Waals surface area (Å²) in [6.45, 7) is 8.58. The summed E-state index contributed by atoms with van der Waals surface area (Å²) in [4.78, 5) is 15.1. The third-order valence-corrected chi connectivity index (χ3v) is 4.84. The maximum Gasteiger partial charge on any atom is 0.138 e. The Morgan fingerprint density at radius 3 is 2.68 bits per heavy atom. The SMILES string of the molecule is CCN(CC)CCn1cnc2cc(-c3nc4ccccc4[nH]3)ccc21. The fourth-order valence-corrected chi connectivity index (χ4v) is 3.27. The average Bonchev–Trinajstić information content (AvgIpc) is 3.26. The number of nitrogens with one attached hydrogen (secondary N) is 1. The summed E-state index contributed by atoms with van der Waals surface area (Å²) >= 11 is 0. The molecule has 0 fully saturated rings. The van der Waals surface area contributed by atoms with Gasteiger partial charge in [0.05, 0.1) is 28.4 Å². The van der Waals surface area contributed by atoms with Gasteiger partial charge < -0.3 is 14.5 Å².